The molecule has 214 valence electrons. The van der Waals surface area contributed by atoms with Gasteiger partial charge in [0.25, 0.3) is 11.8 Å². The third-order valence-corrected chi connectivity index (χ3v) is 9.54. The number of hydrogen-bond donors (Lipinski definition) is 4. The zero-order valence-corrected chi connectivity index (χ0v) is 24.7. The van der Waals surface area contributed by atoms with Crippen LogP contribution in [0.1, 0.15) is 5.69 Å². The van der Waals surface area contributed by atoms with Gasteiger partial charge in [0.2, 0.25) is 0 Å². The number of nitrogens with one attached hydrogen (secondary N) is 2. The molecular weight excluding hydrogens is 610 g/mol. The Morgan fingerprint density at radius 1 is 1.37 bits per heavy atom. The van der Waals surface area contributed by atoms with E-state index in [4.69, 9.17) is 22.2 Å². The molecule has 41 heavy (non-hydrogen) atoms. The number of nitrogens with two attached hydrogens (primary N) is 1. The molecule has 1 saturated heterocycles. The molecule has 2 aliphatic rings. The first-order valence-electron chi connectivity index (χ1n) is 12.2. The van der Waals surface area contributed by atoms with Gasteiger partial charge in [-0.25, -0.2) is 9.78 Å². The third kappa shape index (κ3) is 6.07. The summed E-state index contributed by atoms with van der Waals surface area (Å²) < 4.78 is 0. The molecule has 1 aromatic carbocycles. The molecule has 0 bridgehead atoms. The zero-order chi connectivity index (χ0) is 29.1. The Labute approximate surface area is 251 Å². The van der Waals surface area contributed by atoms with Crippen molar-refractivity contribution in [2.75, 3.05) is 42.0 Å². The summed E-state index contributed by atoms with van der Waals surface area (Å²) in [4.78, 5) is 52.6. The maximum Gasteiger partial charge on any atom is 0.352 e. The van der Waals surface area contributed by atoms with Crippen molar-refractivity contribution in [3.05, 3.63) is 57.8 Å². The molecule has 1 fully saturated rings. The van der Waals surface area contributed by atoms with Crippen molar-refractivity contribution >= 4 is 91.7 Å². The lowest BCUT2D eigenvalue weighted by Crippen LogP contribution is -2.71. The van der Waals surface area contributed by atoms with Crippen molar-refractivity contribution in [2.45, 2.75) is 11.4 Å². The maximum absolute atomic E-state index is 13.0. The highest BCUT2D eigenvalue weighted by atomic mass is 35.5. The molecule has 2 aliphatic heterocycles. The number of fused-ring (bicyclic) bond motifs is 2. The maximum atomic E-state index is 13.0. The Kier molecular flexibility index (Phi) is 8.87. The lowest BCUT2D eigenvalue weighted by atomic mass is 10.0. The number of nitrogens with zero attached hydrogens (tertiary/aromatic N) is 4. The van der Waals surface area contributed by atoms with Gasteiger partial charge in [0.05, 0.1) is 5.52 Å². The Bertz CT molecular complexity index is 1580. The number of amides is 2. The summed E-state index contributed by atoms with van der Waals surface area (Å²) in [6.07, 6.45) is 1.72. The second kappa shape index (κ2) is 12.5. The summed E-state index contributed by atoms with van der Waals surface area (Å²) >= 11 is 10.2. The molecule has 16 heteroatoms. The lowest BCUT2D eigenvalue weighted by Gasteiger charge is -2.49. The number of β-lactam (4-membered cyclic amide) rings is 1. The Morgan fingerprint density at radius 3 is 2.93 bits per heavy atom. The van der Waals surface area contributed by atoms with Crippen molar-refractivity contribution in [3.63, 3.8) is 0 Å². The monoisotopic (exact) mass is 633 g/mol. The average Bonchev–Trinajstić information content (AvgIpc) is 3.39. The molecular formula is C25H24ClN7O5S3. The molecule has 5 N–H and O–H groups in total. The number of rotatable bonds is 11. The zero-order valence-electron chi connectivity index (χ0n) is 21.5. The number of aliphatic carboxylic acids is 1. The van der Waals surface area contributed by atoms with E-state index < -0.39 is 29.2 Å². The van der Waals surface area contributed by atoms with Gasteiger partial charge in [-0.1, -0.05) is 16.8 Å². The summed E-state index contributed by atoms with van der Waals surface area (Å²) in [5.74, 6) is -0.778. The Hall–Kier alpha value is -3.53. The smallest absolute Gasteiger partial charge is 0.352 e. The fourth-order valence-electron chi connectivity index (χ4n) is 4.42. The van der Waals surface area contributed by atoms with Crippen LogP contribution in [0, 0.1) is 0 Å². The van der Waals surface area contributed by atoms with Crippen molar-refractivity contribution in [2.24, 2.45) is 5.16 Å². The van der Waals surface area contributed by atoms with Crippen LogP contribution in [0.15, 0.2) is 52.3 Å². The highest BCUT2D eigenvalue weighted by Gasteiger charge is 2.54. The number of thiazole rings is 1. The number of benzene rings is 1. The number of carboxylic acid groups (broad SMARTS) is 1. The number of carbonyl (C=O) groups is 3. The fraction of sp³-hybridized carbons (Fsp3) is 0.280. The predicted octanol–water partition coefficient (Wildman–Crippen LogP) is 2.86. The minimum atomic E-state index is -1.18. The van der Waals surface area contributed by atoms with Gasteiger partial charge < -0.3 is 26.3 Å². The minimum absolute atomic E-state index is 0.0280. The second-order valence-corrected chi connectivity index (χ2v) is 12.3. The van der Waals surface area contributed by atoms with Crippen LogP contribution in [-0.2, 0) is 19.2 Å². The number of halogens is 1. The summed E-state index contributed by atoms with van der Waals surface area (Å²) in [5, 5.41) is 22.6. The van der Waals surface area contributed by atoms with Crippen LogP contribution in [0.25, 0.3) is 10.9 Å². The van der Waals surface area contributed by atoms with Gasteiger partial charge >= 0.3 is 5.97 Å². The normalized spacial score (nSPS) is 18.6. The summed E-state index contributed by atoms with van der Waals surface area (Å²) in [6.45, 7) is 0.643. The first-order valence-corrected chi connectivity index (χ1v) is 15.6. The number of carboxylic acids is 1. The first-order chi connectivity index (χ1) is 19.8. The van der Waals surface area contributed by atoms with E-state index in [1.54, 1.807) is 29.4 Å². The highest BCUT2D eigenvalue weighted by Crippen LogP contribution is 2.41. The molecule has 5 rings (SSSR count). The topological polar surface area (TPSA) is 172 Å². The van der Waals surface area contributed by atoms with Crippen LogP contribution < -0.4 is 16.4 Å². The standard InChI is InChI=1S/C25H24ClN7O5S3/c1-38-32-18(17-11-41-25(27)30-17)21(34)31-19-22(35)33-20(24(36)37)12(10-40-23(19)33)9-39-7-6-29-15-4-5-28-16-8-13(26)2-3-14(15)16/h2-5,8,11,19,23H,6-7,9-10H2,1H3,(H2,27,30)(H,28,29)(H,31,34)(H,36,37). The third-order valence-electron chi connectivity index (χ3n) is 6.24. The van der Waals surface area contributed by atoms with Crippen molar-refractivity contribution in [1.82, 2.24) is 20.2 Å². The van der Waals surface area contributed by atoms with Crippen LogP contribution in [0.3, 0.4) is 0 Å². The molecule has 2 unspecified atom stereocenters. The minimum Gasteiger partial charge on any atom is -0.477 e. The van der Waals surface area contributed by atoms with Gasteiger partial charge in [-0.3, -0.25) is 19.5 Å². The van der Waals surface area contributed by atoms with Crippen LogP contribution >= 0.6 is 46.5 Å². The molecule has 0 spiro atoms. The SMILES string of the molecule is CON=C(C(=O)NC1C(=O)N2C(C(=O)O)=C(CSCCNc3ccnc4cc(Cl)ccc34)CSC12)c1csc(N)n1. The number of pyridine rings is 1. The van der Waals surface area contributed by atoms with Crippen LogP contribution in [0.4, 0.5) is 10.8 Å². The quantitative estimate of drug-likeness (QED) is 0.106. The molecule has 2 amide bonds. The predicted molar refractivity (Wildman–Crippen MR) is 162 cm³/mol. The van der Waals surface area contributed by atoms with E-state index in [9.17, 15) is 19.5 Å². The number of anilines is 2. The fourth-order valence-corrected chi connectivity index (χ4v) is 7.49. The molecule has 0 radical (unpaired) electrons. The molecule has 4 heterocycles. The number of oxime groups is 1. The van der Waals surface area contributed by atoms with Gasteiger partial charge in [-0.2, -0.15) is 11.8 Å². The number of thioether (sulfide) groups is 2. The van der Waals surface area contributed by atoms with E-state index in [1.807, 2.05) is 18.2 Å². The van der Waals surface area contributed by atoms with Crippen LogP contribution in [-0.4, -0.2) is 85.8 Å². The van der Waals surface area contributed by atoms with Gasteiger partial charge in [0.15, 0.2) is 10.8 Å². The van der Waals surface area contributed by atoms with E-state index in [1.165, 1.54) is 23.8 Å². The number of hydrogen-bond acceptors (Lipinski definition) is 12. The van der Waals surface area contributed by atoms with E-state index in [2.05, 4.69) is 25.8 Å². The van der Waals surface area contributed by atoms with Gasteiger partial charge in [0.1, 0.15) is 29.9 Å². The van der Waals surface area contributed by atoms with Crippen molar-refractivity contribution in [1.29, 1.82) is 0 Å². The van der Waals surface area contributed by atoms with Gasteiger partial charge in [0, 0.05) is 51.5 Å². The van der Waals surface area contributed by atoms with Gasteiger partial charge in [-0.05, 0) is 29.8 Å². The first kappa shape index (κ1) is 29.0. The molecule has 12 nitrogen and oxygen atoms in total. The highest BCUT2D eigenvalue weighted by molar-refractivity contribution is 8.01. The van der Waals surface area contributed by atoms with Crippen LogP contribution in [0.5, 0.6) is 0 Å². The number of nitrogen functional groups attached to an aromatic ring is 1. The molecule has 2 aromatic heterocycles. The Morgan fingerprint density at radius 2 is 2.20 bits per heavy atom. The number of carbonyl (C=O) groups excluding carboxylic acids is 2. The van der Waals surface area contributed by atoms with Crippen LogP contribution in [0.2, 0.25) is 5.02 Å². The lowest BCUT2D eigenvalue weighted by molar-refractivity contribution is -0.150. The molecule has 0 saturated carbocycles. The average molecular weight is 634 g/mol. The van der Waals surface area contributed by atoms with E-state index in [0.29, 0.717) is 34.4 Å². The summed E-state index contributed by atoms with van der Waals surface area (Å²) in [5.41, 5.74) is 8.11. The van der Waals surface area contributed by atoms with E-state index >= 15 is 0 Å². The summed E-state index contributed by atoms with van der Waals surface area (Å²) in [7, 11) is 1.28. The molecule has 0 aliphatic carbocycles. The van der Waals surface area contributed by atoms with Crippen molar-refractivity contribution < 1.29 is 24.3 Å². The van der Waals surface area contributed by atoms with Gasteiger partial charge in [-0.15, -0.1) is 23.1 Å². The second-order valence-electron chi connectivity index (χ2n) is 8.81. The molecule has 3 aromatic rings. The van der Waals surface area contributed by atoms with E-state index in [0.717, 1.165) is 27.9 Å². The van der Waals surface area contributed by atoms with Crippen molar-refractivity contribution in [3.8, 4) is 0 Å². The molecule has 2 atom stereocenters. The van der Waals surface area contributed by atoms with E-state index in [-0.39, 0.29) is 22.2 Å². The largest absolute Gasteiger partial charge is 0.477 e. The Balaban J connectivity index is 1.19. The number of aromatic nitrogens is 2. The summed E-state index contributed by atoms with van der Waals surface area (Å²) in [6, 6.07) is 6.52.